The summed E-state index contributed by atoms with van der Waals surface area (Å²) in [5, 5.41) is 11.8. The topological polar surface area (TPSA) is 95.9 Å². The first-order chi connectivity index (χ1) is 17.0. The lowest BCUT2D eigenvalue weighted by molar-refractivity contribution is -0.134. The fourth-order valence-corrected chi connectivity index (χ4v) is 7.48. The molecule has 184 valence electrons. The zero-order valence-electron chi connectivity index (χ0n) is 19.5. The second kappa shape index (κ2) is 9.60. The number of nitrogens with one attached hydrogen (secondary N) is 1. The van der Waals surface area contributed by atoms with Crippen molar-refractivity contribution in [2.45, 2.75) is 41.2 Å². The van der Waals surface area contributed by atoms with E-state index < -0.39 is 20.5 Å². The van der Waals surface area contributed by atoms with Gasteiger partial charge in [-0.1, -0.05) is 42.5 Å². The molecule has 2 fully saturated rings. The zero-order chi connectivity index (χ0) is 24.5. The van der Waals surface area contributed by atoms with Gasteiger partial charge in [-0.05, 0) is 72.2 Å². The van der Waals surface area contributed by atoms with E-state index in [0.29, 0.717) is 5.92 Å². The summed E-state index contributed by atoms with van der Waals surface area (Å²) in [5.41, 5.74) is 3.92. The minimum Gasteiger partial charge on any atom is -0.381 e. The smallest absolute Gasteiger partial charge is 0.265 e. The van der Waals surface area contributed by atoms with Crippen molar-refractivity contribution in [1.29, 1.82) is 0 Å². The number of carbonyl (C=O) groups is 1. The predicted octanol–water partition coefficient (Wildman–Crippen LogP) is 4.05. The van der Waals surface area contributed by atoms with E-state index in [1.54, 1.807) is 17.6 Å². The van der Waals surface area contributed by atoms with Gasteiger partial charge in [0.15, 0.2) is 14.6 Å². The molecule has 2 saturated heterocycles. The number of anilines is 1. The molecule has 0 bridgehead atoms. The maximum absolute atomic E-state index is 13.5. The third kappa shape index (κ3) is 4.20. The Bertz CT molecular complexity index is 1300. The summed E-state index contributed by atoms with van der Waals surface area (Å²) < 4.78 is 30.5. The highest BCUT2D eigenvalue weighted by molar-refractivity contribution is 7.93. The molecule has 3 aromatic carbocycles. The van der Waals surface area contributed by atoms with Crippen molar-refractivity contribution in [1.82, 2.24) is 5.48 Å². The molecule has 2 aliphatic heterocycles. The number of benzene rings is 3. The van der Waals surface area contributed by atoms with Gasteiger partial charge in [0.05, 0.1) is 4.90 Å². The average molecular weight is 495 g/mol. The molecule has 0 saturated carbocycles. The lowest BCUT2D eigenvalue weighted by atomic mass is 9.86. The van der Waals surface area contributed by atoms with Crippen molar-refractivity contribution in [3.8, 4) is 0 Å². The van der Waals surface area contributed by atoms with Crippen LogP contribution in [0.3, 0.4) is 0 Å². The van der Waals surface area contributed by atoms with Crippen LogP contribution >= 0.6 is 0 Å². The average Bonchev–Trinajstić information content (AvgIpc) is 2.92. The molecule has 0 aromatic heterocycles. The molecule has 1 amide bonds. The second-order valence-corrected chi connectivity index (χ2v) is 11.6. The molecule has 35 heavy (non-hydrogen) atoms. The number of nitrogens with zero attached hydrogens (tertiary/aromatic N) is 1. The first-order valence-corrected chi connectivity index (χ1v) is 13.5. The van der Waals surface area contributed by atoms with Crippen LogP contribution in [0.2, 0.25) is 0 Å². The number of amides is 1. The molecule has 2 aliphatic rings. The third-order valence-corrected chi connectivity index (χ3v) is 10.1. The number of sulfone groups is 1. The molecular weight excluding hydrogens is 464 g/mol. The summed E-state index contributed by atoms with van der Waals surface area (Å²) in [4.78, 5) is 14.8. The van der Waals surface area contributed by atoms with Crippen molar-refractivity contribution in [3.05, 3.63) is 72.3 Å². The van der Waals surface area contributed by atoms with Gasteiger partial charge in [0.1, 0.15) is 0 Å². The van der Waals surface area contributed by atoms with Crippen LogP contribution in [-0.4, -0.2) is 50.6 Å². The Hall–Kier alpha value is -2.94. The van der Waals surface area contributed by atoms with Crippen molar-refractivity contribution >= 4 is 32.2 Å². The summed E-state index contributed by atoms with van der Waals surface area (Å²) in [6, 6.07) is 21.8. The third-order valence-electron chi connectivity index (χ3n) is 7.60. The first-order valence-electron chi connectivity index (χ1n) is 12.1. The fourth-order valence-electron chi connectivity index (χ4n) is 5.54. The van der Waals surface area contributed by atoms with Crippen LogP contribution in [0.4, 0.5) is 5.69 Å². The predicted molar refractivity (Wildman–Crippen MR) is 134 cm³/mol. The van der Waals surface area contributed by atoms with Gasteiger partial charge in [-0.2, -0.15) is 0 Å². The van der Waals surface area contributed by atoms with E-state index in [2.05, 4.69) is 47.4 Å². The molecule has 0 aliphatic carbocycles. The fraction of sp³-hybridized carbons (Fsp3) is 0.370. The molecule has 2 N–H and O–H groups in total. The molecule has 0 atom stereocenters. The number of fused-ring (bicyclic) bond motifs is 1. The van der Waals surface area contributed by atoms with Gasteiger partial charge in [0.2, 0.25) is 0 Å². The SMILES string of the molecule is O=C(NO)C1(S(=O)(=O)c2ccc(N3CCC(c4cccc5ccccc45)CC3)cc2)CCOCC1. The lowest BCUT2D eigenvalue weighted by Gasteiger charge is -2.35. The number of hydrogen-bond acceptors (Lipinski definition) is 6. The van der Waals surface area contributed by atoms with Crippen LogP contribution in [0.1, 0.15) is 37.2 Å². The molecule has 7 nitrogen and oxygen atoms in total. The largest absolute Gasteiger partial charge is 0.381 e. The number of hydrogen-bond donors (Lipinski definition) is 2. The van der Waals surface area contributed by atoms with E-state index in [1.165, 1.54) is 16.3 Å². The van der Waals surface area contributed by atoms with Gasteiger partial charge < -0.3 is 9.64 Å². The van der Waals surface area contributed by atoms with E-state index in [1.807, 2.05) is 12.1 Å². The van der Waals surface area contributed by atoms with Gasteiger partial charge in [0, 0.05) is 32.0 Å². The van der Waals surface area contributed by atoms with E-state index in [0.717, 1.165) is 31.6 Å². The lowest BCUT2D eigenvalue weighted by Crippen LogP contribution is -2.54. The highest BCUT2D eigenvalue weighted by Crippen LogP contribution is 2.37. The summed E-state index contributed by atoms with van der Waals surface area (Å²) in [6.07, 6.45) is 2.05. The molecule has 0 spiro atoms. The molecule has 2 heterocycles. The molecule has 0 radical (unpaired) electrons. The minimum atomic E-state index is -4.02. The van der Waals surface area contributed by atoms with Crippen LogP contribution < -0.4 is 10.4 Å². The molecular formula is C27H30N2O5S. The Morgan fingerprint density at radius 3 is 2.29 bits per heavy atom. The van der Waals surface area contributed by atoms with E-state index in [9.17, 15) is 18.4 Å². The van der Waals surface area contributed by atoms with Crippen molar-refractivity contribution in [2.75, 3.05) is 31.2 Å². The Balaban J connectivity index is 1.32. The highest BCUT2D eigenvalue weighted by atomic mass is 32.2. The maximum Gasteiger partial charge on any atom is 0.265 e. The van der Waals surface area contributed by atoms with Crippen molar-refractivity contribution in [2.24, 2.45) is 0 Å². The molecule has 3 aromatic rings. The van der Waals surface area contributed by atoms with Gasteiger partial charge in [-0.3, -0.25) is 10.0 Å². The van der Waals surface area contributed by atoms with Gasteiger partial charge in [-0.25, -0.2) is 13.9 Å². The number of hydroxylamine groups is 1. The van der Waals surface area contributed by atoms with E-state index in [4.69, 9.17) is 4.74 Å². The van der Waals surface area contributed by atoms with Crippen LogP contribution in [0.15, 0.2) is 71.6 Å². The normalized spacial score (nSPS) is 18.9. The van der Waals surface area contributed by atoms with Crippen LogP contribution in [-0.2, 0) is 19.4 Å². The van der Waals surface area contributed by atoms with Crippen molar-refractivity contribution < 1.29 is 23.2 Å². The Morgan fingerprint density at radius 1 is 0.943 bits per heavy atom. The summed E-state index contributed by atoms with van der Waals surface area (Å²) in [6.45, 7) is 2.06. The highest BCUT2D eigenvalue weighted by Gasteiger charge is 2.52. The molecule has 8 heteroatoms. The van der Waals surface area contributed by atoms with E-state index in [-0.39, 0.29) is 31.0 Å². The summed E-state index contributed by atoms with van der Waals surface area (Å²) in [5.74, 6) is -0.414. The summed E-state index contributed by atoms with van der Waals surface area (Å²) in [7, 11) is -4.02. The Morgan fingerprint density at radius 2 is 1.60 bits per heavy atom. The van der Waals surface area contributed by atoms with Gasteiger partial charge in [-0.15, -0.1) is 0 Å². The monoisotopic (exact) mass is 494 g/mol. The number of piperidine rings is 1. The number of carbonyl (C=O) groups excluding carboxylic acids is 1. The maximum atomic E-state index is 13.5. The number of ether oxygens (including phenoxy) is 1. The van der Waals surface area contributed by atoms with Crippen molar-refractivity contribution in [3.63, 3.8) is 0 Å². The Kier molecular flexibility index (Phi) is 6.53. The quantitative estimate of drug-likeness (QED) is 0.410. The van der Waals surface area contributed by atoms with Crippen LogP contribution in [0, 0.1) is 0 Å². The molecule has 0 unspecified atom stereocenters. The van der Waals surface area contributed by atoms with Crippen LogP contribution in [0.25, 0.3) is 10.8 Å². The number of rotatable bonds is 5. The minimum absolute atomic E-state index is 0.00512. The van der Waals surface area contributed by atoms with Gasteiger partial charge in [0.25, 0.3) is 5.91 Å². The van der Waals surface area contributed by atoms with Crippen LogP contribution in [0.5, 0.6) is 0 Å². The first kappa shape index (κ1) is 23.8. The van der Waals surface area contributed by atoms with E-state index >= 15 is 0 Å². The second-order valence-electron chi connectivity index (χ2n) is 9.37. The Labute approximate surface area is 205 Å². The zero-order valence-corrected chi connectivity index (χ0v) is 20.3. The standard InChI is InChI=1S/C27H30N2O5S/c30-26(28-31)27(14-18-34-19-15-27)35(32,33)23-10-8-22(9-11-23)29-16-12-21(13-17-29)25-7-3-5-20-4-1-2-6-24(20)25/h1-11,21,31H,12-19H2,(H,28,30). The van der Waals surface area contributed by atoms with Gasteiger partial charge >= 0.3 is 0 Å². The molecule has 5 rings (SSSR count). The summed E-state index contributed by atoms with van der Waals surface area (Å²) >= 11 is 0.